The number of carbonyl (C=O) groups is 3. The van der Waals surface area contributed by atoms with E-state index in [4.69, 9.17) is 21.1 Å². The first-order chi connectivity index (χ1) is 14.4. The van der Waals surface area contributed by atoms with Crippen molar-refractivity contribution in [2.45, 2.75) is 17.8 Å². The molecule has 3 amide bonds. The monoisotopic (exact) mass is 450 g/mol. The quantitative estimate of drug-likeness (QED) is 0.721. The first-order valence-corrected chi connectivity index (χ1v) is 10.3. The van der Waals surface area contributed by atoms with Gasteiger partial charge in [0.05, 0.1) is 17.5 Å². The number of imide groups is 1. The number of benzene rings is 2. The average Bonchev–Trinajstić information content (AvgIpc) is 3.22. The molecule has 2 aromatic carbocycles. The van der Waals surface area contributed by atoms with Gasteiger partial charge in [-0.05, 0) is 42.3 Å². The highest BCUT2D eigenvalue weighted by molar-refractivity contribution is 8.15. The van der Waals surface area contributed by atoms with Crippen LogP contribution in [-0.2, 0) is 16.0 Å². The molecule has 0 spiro atoms. The van der Waals surface area contributed by atoms with Crippen LogP contribution in [0.25, 0.3) is 0 Å². The van der Waals surface area contributed by atoms with Gasteiger partial charge in [0, 0.05) is 5.02 Å². The summed E-state index contributed by atoms with van der Waals surface area (Å²) in [5.41, 5.74) is 0.991. The highest BCUT2D eigenvalue weighted by atomic mass is 35.5. The summed E-state index contributed by atoms with van der Waals surface area (Å²) in [6.45, 7) is 0.254. The van der Waals surface area contributed by atoms with Crippen molar-refractivity contribution >= 4 is 46.3 Å². The molecule has 0 radical (unpaired) electrons. The lowest BCUT2D eigenvalue weighted by Gasteiger charge is -2.14. The fourth-order valence-electron chi connectivity index (χ4n) is 3.16. The minimum absolute atomic E-state index is 0.101. The SMILES string of the molecule is O=C1NC(=O)C(Cc2ccc(OCC3CN(c4ccc(Cl)cc4F)C(=O)O3)cc2)S1. The number of hydrogen-bond acceptors (Lipinski definition) is 6. The molecule has 2 atom stereocenters. The Balaban J connectivity index is 1.31. The second-order valence-electron chi connectivity index (χ2n) is 6.75. The summed E-state index contributed by atoms with van der Waals surface area (Å²) < 4.78 is 25.0. The number of amides is 3. The molecule has 7 nitrogen and oxygen atoms in total. The van der Waals surface area contributed by atoms with E-state index in [1.54, 1.807) is 12.1 Å². The van der Waals surface area contributed by atoms with Crippen molar-refractivity contribution in [3.63, 3.8) is 0 Å². The van der Waals surface area contributed by atoms with E-state index in [1.165, 1.54) is 17.0 Å². The summed E-state index contributed by atoms with van der Waals surface area (Å²) in [7, 11) is 0. The van der Waals surface area contributed by atoms with E-state index < -0.39 is 23.3 Å². The number of nitrogens with one attached hydrogen (secondary N) is 1. The highest BCUT2D eigenvalue weighted by Gasteiger charge is 2.34. The number of hydrogen-bond donors (Lipinski definition) is 1. The van der Waals surface area contributed by atoms with Crippen molar-refractivity contribution in [3.05, 3.63) is 58.9 Å². The zero-order chi connectivity index (χ0) is 21.3. The molecule has 2 saturated heterocycles. The molecule has 2 unspecified atom stereocenters. The minimum atomic E-state index is -0.651. The Hall–Kier alpha value is -2.78. The molecule has 1 N–H and O–H groups in total. The fraction of sp³-hybridized carbons (Fsp3) is 0.250. The third-order valence-corrected chi connectivity index (χ3v) is 5.84. The van der Waals surface area contributed by atoms with Crippen molar-refractivity contribution in [1.29, 1.82) is 0 Å². The molecule has 0 aromatic heterocycles. The normalized spacial score (nSPS) is 21.0. The largest absolute Gasteiger partial charge is 0.490 e. The number of ether oxygens (including phenoxy) is 2. The van der Waals surface area contributed by atoms with E-state index in [9.17, 15) is 18.8 Å². The average molecular weight is 451 g/mol. The van der Waals surface area contributed by atoms with Crippen LogP contribution in [-0.4, -0.2) is 41.7 Å². The summed E-state index contributed by atoms with van der Waals surface area (Å²) in [5.74, 6) is -0.326. The van der Waals surface area contributed by atoms with Crippen LogP contribution in [0.15, 0.2) is 42.5 Å². The highest BCUT2D eigenvalue weighted by Crippen LogP contribution is 2.28. The van der Waals surface area contributed by atoms with Gasteiger partial charge in [-0.1, -0.05) is 35.5 Å². The third-order valence-electron chi connectivity index (χ3n) is 4.62. The molecule has 0 aliphatic carbocycles. The van der Waals surface area contributed by atoms with Gasteiger partial charge in [0.15, 0.2) is 6.10 Å². The van der Waals surface area contributed by atoms with Gasteiger partial charge in [0.25, 0.3) is 5.24 Å². The van der Waals surface area contributed by atoms with Crippen LogP contribution >= 0.6 is 23.4 Å². The summed E-state index contributed by atoms with van der Waals surface area (Å²) in [4.78, 5) is 36.2. The number of anilines is 1. The lowest BCUT2D eigenvalue weighted by Crippen LogP contribution is -2.27. The Morgan fingerprint density at radius 1 is 1.20 bits per heavy atom. The lowest BCUT2D eigenvalue weighted by molar-refractivity contribution is -0.118. The van der Waals surface area contributed by atoms with Crippen molar-refractivity contribution < 1.29 is 28.2 Å². The molecule has 2 aromatic rings. The fourth-order valence-corrected chi connectivity index (χ4v) is 4.18. The maximum Gasteiger partial charge on any atom is 0.414 e. The first-order valence-electron chi connectivity index (χ1n) is 9.05. The molecule has 156 valence electrons. The molecule has 2 aliphatic rings. The molecule has 10 heteroatoms. The van der Waals surface area contributed by atoms with Crippen molar-refractivity contribution in [3.8, 4) is 5.75 Å². The zero-order valence-corrected chi connectivity index (χ0v) is 17.0. The van der Waals surface area contributed by atoms with E-state index in [0.717, 1.165) is 23.4 Å². The second kappa shape index (κ2) is 8.53. The Kier molecular flexibility index (Phi) is 5.83. The van der Waals surface area contributed by atoms with Crippen LogP contribution in [0.5, 0.6) is 5.75 Å². The number of cyclic esters (lactones) is 1. The van der Waals surface area contributed by atoms with Crippen molar-refractivity contribution in [2.75, 3.05) is 18.1 Å². The van der Waals surface area contributed by atoms with E-state index in [1.807, 2.05) is 12.1 Å². The van der Waals surface area contributed by atoms with E-state index in [-0.39, 0.29) is 35.0 Å². The standard InChI is InChI=1S/C20H16ClFN2O5S/c21-12-3-6-16(15(22)8-12)24-9-14(29-20(24)27)10-28-13-4-1-11(2-5-13)7-17-18(25)23-19(26)30-17/h1-6,8,14,17H,7,9-10H2,(H,23,25,26). The Bertz CT molecular complexity index is 1000. The summed E-state index contributed by atoms with van der Waals surface area (Å²) in [6.07, 6.45) is -0.774. The molecule has 30 heavy (non-hydrogen) atoms. The Labute approximate surface area is 180 Å². The zero-order valence-electron chi connectivity index (χ0n) is 15.5. The van der Waals surface area contributed by atoms with Crippen molar-refractivity contribution in [1.82, 2.24) is 5.32 Å². The van der Waals surface area contributed by atoms with Gasteiger partial charge in [-0.2, -0.15) is 0 Å². The molecule has 0 saturated carbocycles. The topological polar surface area (TPSA) is 84.9 Å². The number of halogens is 2. The smallest absolute Gasteiger partial charge is 0.414 e. The van der Waals surface area contributed by atoms with Crippen LogP contribution in [0, 0.1) is 5.82 Å². The van der Waals surface area contributed by atoms with E-state index >= 15 is 0 Å². The van der Waals surface area contributed by atoms with Crippen LogP contribution in [0.3, 0.4) is 0 Å². The van der Waals surface area contributed by atoms with Gasteiger partial charge in [0.2, 0.25) is 5.91 Å². The maximum absolute atomic E-state index is 14.1. The molecule has 2 aliphatic heterocycles. The van der Waals surface area contributed by atoms with Gasteiger partial charge >= 0.3 is 6.09 Å². The number of rotatable bonds is 6. The Morgan fingerprint density at radius 3 is 2.63 bits per heavy atom. The van der Waals surface area contributed by atoms with Gasteiger partial charge in [0.1, 0.15) is 18.2 Å². The van der Waals surface area contributed by atoms with Crippen LogP contribution in [0.1, 0.15) is 5.56 Å². The van der Waals surface area contributed by atoms with Gasteiger partial charge < -0.3 is 9.47 Å². The number of nitrogens with zero attached hydrogens (tertiary/aromatic N) is 1. The third kappa shape index (κ3) is 4.52. The van der Waals surface area contributed by atoms with Crippen molar-refractivity contribution in [2.24, 2.45) is 0 Å². The van der Waals surface area contributed by atoms with Gasteiger partial charge in [-0.3, -0.25) is 19.8 Å². The second-order valence-corrected chi connectivity index (χ2v) is 8.37. The molecule has 0 bridgehead atoms. The summed E-state index contributed by atoms with van der Waals surface area (Å²) >= 11 is 6.73. The molecular formula is C20H16ClFN2O5S. The summed E-state index contributed by atoms with van der Waals surface area (Å²) in [5, 5.41) is 1.74. The van der Waals surface area contributed by atoms with E-state index in [2.05, 4.69) is 5.32 Å². The summed E-state index contributed by atoms with van der Waals surface area (Å²) in [6, 6.07) is 11.2. The van der Waals surface area contributed by atoms with Crippen LogP contribution in [0.2, 0.25) is 5.02 Å². The maximum atomic E-state index is 14.1. The Morgan fingerprint density at radius 2 is 1.97 bits per heavy atom. The number of thioether (sulfide) groups is 1. The molecule has 2 fully saturated rings. The molecule has 4 rings (SSSR count). The van der Waals surface area contributed by atoms with Gasteiger partial charge in [-0.25, -0.2) is 9.18 Å². The van der Waals surface area contributed by atoms with E-state index in [0.29, 0.717) is 12.2 Å². The number of carbonyl (C=O) groups excluding carboxylic acids is 3. The minimum Gasteiger partial charge on any atom is -0.490 e. The van der Waals surface area contributed by atoms with Gasteiger partial charge in [-0.15, -0.1) is 0 Å². The lowest BCUT2D eigenvalue weighted by atomic mass is 10.1. The molecule has 2 heterocycles. The predicted octanol–water partition coefficient (Wildman–Crippen LogP) is 3.78. The first kappa shape index (κ1) is 20.5. The molecular weight excluding hydrogens is 435 g/mol. The van der Waals surface area contributed by atoms with Crippen LogP contribution in [0.4, 0.5) is 19.7 Å². The van der Waals surface area contributed by atoms with Crippen LogP contribution < -0.4 is 15.0 Å². The predicted molar refractivity (Wildman–Crippen MR) is 110 cm³/mol.